The van der Waals surface area contributed by atoms with Crippen molar-refractivity contribution in [2.24, 2.45) is 0 Å². The molecule has 0 fully saturated rings. The van der Waals surface area contributed by atoms with E-state index < -0.39 is 11.4 Å². The molecule has 36 heavy (non-hydrogen) atoms. The Bertz CT molecular complexity index is 1660. The van der Waals surface area contributed by atoms with Crippen LogP contribution in [0.2, 0.25) is 10.0 Å². The SMILES string of the molecule is O=C(CSc1nc2cccc(F)c2c(=O)n1-c1ccc(Cl)c(Cl)c1)Nc1nc(-c2ccccc2)cs1. The van der Waals surface area contributed by atoms with Gasteiger partial charge in [-0.3, -0.25) is 14.2 Å². The van der Waals surface area contributed by atoms with E-state index in [9.17, 15) is 14.0 Å². The third-order valence-electron chi connectivity index (χ3n) is 5.13. The predicted octanol–water partition coefficient (Wildman–Crippen LogP) is 6.69. The van der Waals surface area contributed by atoms with E-state index in [-0.39, 0.29) is 32.7 Å². The van der Waals surface area contributed by atoms with E-state index in [0.717, 1.165) is 23.0 Å². The minimum Gasteiger partial charge on any atom is -0.301 e. The molecule has 0 saturated carbocycles. The van der Waals surface area contributed by atoms with Crippen molar-refractivity contribution in [2.45, 2.75) is 5.16 Å². The van der Waals surface area contributed by atoms with Crippen LogP contribution in [0.15, 0.2) is 82.1 Å². The van der Waals surface area contributed by atoms with Gasteiger partial charge in [0.15, 0.2) is 10.3 Å². The molecular weight excluding hydrogens is 542 g/mol. The first kappa shape index (κ1) is 24.5. The Morgan fingerprint density at radius 3 is 2.61 bits per heavy atom. The van der Waals surface area contributed by atoms with E-state index in [1.165, 1.54) is 40.2 Å². The van der Waals surface area contributed by atoms with Crippen LogP contribution in [-0.4, -0.2) is 26.2 Å². The number of anilines is 1. The number of halogens is 3. The van der Waals surface area contributed by atoms with Crippen molar-refractivity contribution in [3.63, 3.8) is 0 Å². The summed E-state index contributed by atoms with van der Waals surface area (Å²) < 4.78 is 15.7. The molecule has 3 aromatic carbocycles. The molecule has 11 heteroatoms. The van der Waals surface area contributed by atoms with Gasteiger partial charge in [-0.05, 0) is 30.3 Å². The molecule has 0 aliphatic rings. The Labute approximate surface area is 222 Å². The fourth-order valence-corrected chi connectivity index (χ4v) is 5.32. The molecule has 2 heterocycles. The van der Waals surface area contributed by atoms with Crippen molar-refractivity contribution >= 4 is 68.2 Å². The largest absolute Gasteiger partial charge is 0.301 e. The van der Waals surface area contributed by atoms with Gasteiger partial charge in [-0.15, -0.1) is 11.3 Å². The molecule has 0 atom stereocenters. The number of nitrogens with one attached hydrogen (secondary N) is 1. The zero-order chi connectivity index (χ0) is 25.2. The molecule has 0 aliphatic heterocycles. The van der Waals surface area contributed by atoms with Crippen LogP contribution < -0.4 is 10.9 Å². The summed E-state index contributed by atoms with van der Waals surface area (Å²) in [5.41, 5.74) is 1.62. The molecule has 6 nitrogen and oxygen atoms in total. The molecule has 0 radical (unpaired) electrons. The number of fused-ring (bicyclic) bond motifs is 1. The summed E-state index contributed by atoms with van der Waals surface area (Å²) in [5.74, 6) is -1.08. The number of aromatic nitrogens is 3. The zero-order valence-corrected chi connectivity index (χ0v) is 21.4. The summed E-state index contributed by atoms with van der Waals surface area (Å²) in [7, 11) is 0. The maximum atomic E-state index is 14.5. The average molecular weight is 557 g/mol. The van der Waals surface area contributed by atoms with Gasteiger partial charge in [-0.2, -0.15) is 0 Å². The van der Waals surface area contributed by atoms with Crippen molar-refractivity contribution in [3.8, 4) is 16.9 Å². The van der Waals surface area contributed by atoms with Gasteiger partial charge in [-0.25, -0.2) is 14.4 Å². The fourth-order valence-electron chi connectivity index (χ4n) is 3.48. The number of thioether (sulfide) groups is 1. The van der Waals surface area contributed by atoms with Gasteiger partial charge in [0.25, 0.3) is 5.56 Å². The summed E-state index contributed by atoms with van der Waals surface area (Å²) in [5, 5.41) is 5.66. The van der Waals surface area contributed by atoms with Gasteiger partial charge in [0.1, 0.15) is 11.2 Å². The molecule has 1 N–H and O–H groups in total. The Morgan fingerprint density at radius 1 is 1.03 bits per heavy atom. The van der Waals surface area contributed by atoms with Crippen molar-refractivity contribution in [3.05, 3.63) is 98.3 Å². The van der Waals surface area contributed by atoms with Crippen molar-refractivity contribution in [1.29, 1.82) is 0 Å². The highest BCUT2D eigenvalue weighted by Crippen LogP contribution is 2.28. The first-order valence-electron chi connectivity index (χ1n) is 10.5. The van der Waals surface area contributed by atoms with Crippen molar-refractivity contribution < 1.29 is 9.18 Å². The van der Waals surface area contributed by atoms with E-state index in [2.05, 4.69) is 15.3 Å². The molecule has 180 valence electrons. The monoisotopic (exact) mass is 556 g/mol. The van der Waals surface area contributed by atoms with Gasteiger partial charge < -0.3 is 5.32 Å². The highest BCUT2D eigenvalue weighted by atomic mass is 35.5. The molecule has 5 aromatic rings. The standard InChI is InChI=1S/C25H15Cl2FN4O2S2/c26-16-10-9-15(11-17(16)27)32-23(34)22-18(28)7-4-8-19(22)30-25(32)36-13-21(33)31-24-29-20(12-35-24)14-5-2-1-3-6-14/h1-12H,13H2,(H,29,31,33). The van der Waals surface area contributed by atoms with Crippen LogP contribution in [0, 0.1) is 5.82 Å². The number of hydrogen-bond donors (Lipinski definition) is 1. The quantitative estimate of drug-likeness (QED) is 0.186. The van der Waals surface area contributed by atoms with Gasteiger partial charge in [0, 0.05) is 10.9 Å². The molecule has 0 spiro atoms. The minimum absolute atomic E-state index is 0.0607. The summed E-state index contributed by atoms with van der Waals surface area (Å²) in [6, 6.07) is 18.4. The van der Waals surface area contributed by atoms with Crippen molar-refractivity contribution in [2.75, 3.05) is 11.1 Å². The molecule has 0 bridgehead atoms. The number of amides is 1. The molecule has 0 unspecified atom stereocenters. The van der Waals surface area contributed by atoms with Crippen LogP contribution >= 0.6 is 46.3 Å². The number of hydrogen-bond acceptors (Lipinski definition) is 6. The normalized spacial score (nSPS) is 11.1. The first-order valence-corrected chi connectivity index (χ1v) is 13.1. The maximum absolute atomic E-state index is 14.5. The number of rotatable bonds is 6. The smallest absolute Gasteiger partial charge is 0.269 e. The van der Waals surface area contributed by atoms with Crippen LogP contribution in [0.25, 0.3) is 27.8 Å². The Hall–Kier alpha value is -3.24. The van der Waals surface area contributed by atoms with Gasteiger partial charge in [0.05, 0.1) is 32.7 Å². The predicted molar refractivity (Wildman–Crippen MR) is 144 cm³/mol. The van der Waals surface area contributed by atoms with Gasteiger partial charge >= 0.3 is 0 Å². The van der Waals surface area contributed by atoms with E-state index in [0.29, 0.717) is 15.8 Å². The van der Waals surface area contributed by atoms with E-state index in [1.54, 1.807) is 12.1 Å². The Kier molecular flexibility index (Phi) is 7.06. The number of thiazole rings is 1. The second-order valence-electron chi connectivity index (χ2n) is 7.51. The van der Waals surface area contributed by atoms with Crippen LogP contribution in [0.4, 0.5) is 9.52 Å². The first-order chi connectivity index (χ1) is 17.4. The topological polar surface area (TPSA) is 76.9 Å². The summed E-state index contributed by atoms with van der Waals surface area (Å²) in [4.78, 5) is 35.0. The lowest BCUT2D eigenvalue weighted by Crippen LogP contribution is -2.23. The van der Waals surface area contributed by atoms with Gasteiger partial charge in [0.2, 0.25) is 5.91 Å². The average Bonchev–Trinajstić information content (AvgIpc) is 3.33. The van der Waals surface area contributed by atoms with Crippen LogP contribution in [0.1, 0.15) is 0 Å². The number of nitrogens with zero attached hydrogens (tertiary/aromatic N) is 3. The minimum atomic E-state index is -0.689. The highest BCUT2D eigenvalue weighted by molar-refractivity contribution is 7.99. The maximum Gasteiger partial charge on any atom is 0.269 e. The highest BCUT2D eigenvalue weighted by Gasteiger charge is 2.18. The third-order valence-corrected chi connectivity index (χ3v) is 7.57. The molecule has 2 aromatic heterocycles. The summed E-state index contributed by atoms with van der Waals surface area (Å²) in [6.07, 6.45) is 0. The number of benzene rings is 3. The third kappa shape index (κ3) is 5.01. The lowest BCUT2D eigenvalue weighted by molar-refractivity contribution is -0.113. The van der Waals surface area contributed by atoms with Crippen LogP contribution in [0.5, 0.6) is 0 Å². The van der Waals surface area contributed by atoms with Crippen molar-refractivity contribution in [1.82, 2.24) is 14.5 Å². The van der Waals surface area contributed by atoms with Crippen LogP contribution in [0.3, 0.4) is 0 Å². The number of carbonyl (C=O) groups excluding carboxylic acids is 1. The van der Waals surface area contributed by atoms with E-state index in [1.807, 2.05) is 35.7 Å². The molecule has 0 saturated heterocycles. The van der Waals surface area contributed by atoms with Crippen LogP contribution in [-0.2, 0) is 4.79 Å². The zero-order valence-electron chi connectivity index (χ0n) is 18.2. The number of carbonyl (C=O) groups is 1. The second-order valence-corrected chi connectivity index (χ2v) is 10.1. The Balaban J connectivity index is 1.43. The molecule has 0 aliphatic carbocycles. The van der Waals surface area contributed by atoms with E-state index in [4.69, 9.17) is 23.2 Å². The van der Waals surface area contributed by atoms with E-state index >= 15 is 0 Å². The summed E-state index contributed by atoms with van der Waals surface area (Å²) in [6.45, 7) is 0. The summed E-state index contributed by atoms with van der Waals surface area (Å²) >= 11 is 14.5. The molecule has 5 rings (SSSR count). The molecule has 1 amide bonds. The Morgan fingerprint density at radius 2 is 1.83 bits per heavy atom. The lowest BCUT2D eigenvalue weighted by atomic mass is 10.2. The molecular formula is C25H15Cl2FN4O2S2. The fraction of sp³-hybridized carbons (Fsp3) is 0.0400. The van der Waals surface area contributed by atoms with Gasteiger partial charge in [-0.1, -0.05) is 71.4 Å². The lowest BCUT2D eigenvalue weighted by Gasteiger charge is -2.14. The second kappa shape index (κ2) is 10.4.